The second kappa shape index (κ2) is 9.25. The van der Waals surface area contributed by atoms with E-state index in [0.717, 1.165) is 55.3 Å². The highest BCUT2D eigenvalue weighted by Crippen LogP contribution is 2.12. The number of aromatic nitrogens is 3. The number of hydrogen-bond donors (Lipinski definition) is 2. The largest absolute Gasteiger partial charge is 0.497 e. The first-order chi connectivity index (χ1) is 13.2. The number of aryl methyl sites for hydroxylation is 2. The molecule has 0 atom stereocenters. The van der Waals surface area contributed by atoms with E-state index >= 15 is 0 Å². The van der Waals surface area contributed by atoms with Crippen LogP contribution in [0.3, 0.4) is 0 Å². The normalized spacial score (nSPS) is 13.9. The van der Waals surface area contributed by atoms with Gasteiger partial charge in [-0.25, -0.2) is 9.48 Å². The lowest BCUT2D eigenvalue weighted by Gasteiger charge is -2.12. The third-order valence-corrected chi connectivity index (χ3v) is 4.69. The van der Waals surface area contributed by atoms with E-state index in [-0.39, 0.29) is 5.69 Å². The first-order valence-corrected chi connectivity index (χ1v) is 9.45. The van der Waals surface area contributed by atoms with Crippen LogP contribution >= 0.6 is 0 Å². The molecule has 1 aromatic carbocycles. The Kier molecular flexibility index (Phi) is 6.51. The van der Waals surface area contributed by atoms with Crippen molar-refractivity contribution in [3.8, 4) is 5.75 Å². The Hall–Kier alpha value is -2.77. The van der Waals surface area contributed by atoms with E-state index in [0.29, 0.717) is 19.6 Å². The number of aliphatic imine (C=N–C) groups is 1. The van der Waals surface area contributed by atoms with Gasteiger partial charge in [-0.05, 0) is 37.0 Å². The minimum atomic E-state index is 0.0187. The fraction of sp³-hybridized carbons (Fsp3) is 0.526. The van der Waals surface area contributed by atoms with E-state index in [4.69, 9.17) is 4.74 Å². The summed E-state index contributed by atoms with van der Waals surface area (Å²) in [5.74, 6) is 2.50. The predicted molar refractivity (Wildman–Crippen MR) is 105 cm³/mol. The van der Waals surface area contributed by atoms with Gasteiger partial charge in [-0.1, -0.05) is 12.1 Å². The Bertz CT molecular complexity index is 839. The van der Waals surface area contributed by atoms with Crippen molar-refractivity contribution in [2.75, 3.05) is 20.7 Å². The lowest BCUT2D eigenvalue weighted by molar-refractivity contribution is 0.414. The van der Waals surface area contributed by atoms with Crippen LogP contribution in [0.1, 0.15) is 30.7 Å². The molecule has 0 bridgehead atoms. The first kappa shape index (κ1) is 19.0. The molecule has 0 radical (unpaired) electrons. The Morgan fingerprint density at radius 1 is 1.33 bits per heavy atom. The van der Waals surface area contributed by atoms with Gasteiger partial charge in [0.25, 0.3) is 0 Å². The van der Waals surface area contributed by atoms with Crippen molar-refractivity contribution >= 4 is 5.96 Å². The summed E-state index contributed by atoms with van der Waals surface area (Å²) in [6.45, 7) is 2.78. The van der Waals surface area contributed by atoms with E-state index in [1.54, 1.807) is 18.8 Å². The van der Waals surface area contributed by atoms with Crippen molar-refractivity contribution in [3.05, 3.63) is 46.1 Å². The predicted octanol–water partition coefficient (Wildman–Crippen LogP) is 1.14. The molecule has 0 saturated heterocycles. The van der Waals surface area contributed by atoms with Crippen molar-refractivity contribution in [3.63, 3.8) is 0 Å². The van der Waals surface area contributed by atoms with Crippen molar-refractivity contribution in [1.82, 2.24) is 25.0 Å². The van der Waals surface area contributed by atoms with Gasteiger partial charge in [0.15, 0.2) is 5.96 Å². The van der Waals surface area contributed by atoms with Crippen LogP contribution in [0.5, 0.6) is 5.75 Å². The van der Waals surface area contributed by atoms with Crippen molar-refractivity contribution in [2.24, 2.45) is 4.99 Å². The van der Waals surface area contributed by atoms with Gasteiger partial charge in [-0.3, -0.25) is 9.56 Å². The number of guanidine groups is 1. The van der Waals surface area contributed by atoms with Crippen LogP contribution in [-0.2, 0) is 26.1 Å². The zero-order valence-electron chi connectivity index (χ0n) is 16.1. The number of ether oxygens (including phenoxy) is 1. The molecule has 146 valence electrons. The maximum Gasteiger partial charge on any atom is 0.345 e. The molecule has 3 rings (SSSR count). The van der Waals surface area contributed by atoms with Crippen LogP contribution in [0.25, 0.3) is 0 Å². The number of nitrogens with one attached hydrogen (secondary N) is 2. The second-order valence-electron chi connectivity index (χ2n) is 6.59. The second-order valence-corrected chi connectivity index (χ2v) is 6.59. The monoisotopic (exact) mass is 372 g/mol. The summed E-state index contributed by atoms with van der Waals surface area (Å²) < 4.78 is 8.64. The Morgan fingerprint density at radius 2 is 2.22 bits per heavy atom. The molecule has 8 nitrogen and oxygen atoms in total. The van der Waals surface area contributed by atoms with Crippen LogP contribution in [-0.4, -0.2) is 41.0 Å². The summed E-state index contributed by atoms with van der Waals surface area (Å²) in [6.07, 6.45) is 3.89. The molecule has 0 saturated carbocycles. The molecule has 0 unspecified atom stereocenters. The van der Waals surface area contributed by atoms with Gasteiger partial charge in [0.1, 0.15) is 11.6 Å². The van der Waals surface area contributed by atoms with E-state index in [2.05, 4.69) is 20.7 Å². The number of nitrogens with zero attached hydrogens (tertiary/aromatic N) is 4. The standard InChI is InChI=1S/C19H28N6O2/c1-20-18(22-14-15-7-5-8-16(13-15)27-2)21-10-6-12-25-19(26)24-11-4-3-9-17(24)23-25/h5,7-8,13H,3-4,6,9-12,14H2,1-2H3,(H2,20,21,22). The lowest BCUT2D eigenvalue weighted by atomic mass is 10.2. The van der Waals surface area contributed by atoms with Crippen LogP contribution in [0.2, 0.25) is 0 Å². The fourth-order valence-corrected chi connectivity index (χ4v) is 3.22. The number of methoxy groups -OCH3 is 1. The van der Waals surface area contributed by atoms with Crippen LogP contribution in [0.4, 0.5) is 0 Å². The van der Waals surface area contributed by atoms with Crippen molar-refractivity contribution < 1.29 is 4.74 Å². The zero-order chi connectivity index (χ0) is 19.1. The van der Waals surface area contributed by atoms with Crippen LogP contribution < -0.4 is 21.1 Å². The third-order valence-electron chi connectivity index (χ3n) is 4.69. The topological polar surface area (TPSA) is 85.5 Å². The quantitative estimate of drug-likeness (QED) is 0.433. The number of benzene rings is 1. The fourth-order valence-electron chi connectivity index (χ4n) is 3.22. The van der Waals surface area contributed by atoms with Crippen molar-refractivity contribution in [2.45, 2.75) is 45.3 Å². The molecule has 2 N–H and O–H groups in total. The highest BCUT2D eigenvalue weighted by atomic mass is 16.5. The smallest absolute Gasteiger partial charge is 0.345 e. The molecule has 0 fully saturated rings. The highest BCUT2D eigenvalue weighted by Gasteiger charge is 2.16. The van der Waals surface area contributed by atoms with Crippen molar-refractivity contribution in [1.29, 1.82) is 0 Å². The number of rotatable bonds is 7. The lowest BCUT2D eigenvalue weighted by Crippen LogP contribution is -2.37. The molecule has 0 aliphatic carbocycles. The molecule has 2 aromatic rings. The summed E-state index contributed by atoms with van der Waals surface area (Å²) >= 11 is 0. The van der Waals surface area contributed by atoms with Gasteiger partial charge in [0, 0.05) is 39.6 Å². The van der Waals surface area contributed by atoms with Crippen LogP contribution in [0, 0.1) is 0 Å². The molecule has 2 heterocycles. The molecule has 0 spiro atoms. The number of hydrogen-bond acceptors (Lipinski definition) is 4. The summed E-state index contributed by atoms with van der Waals surface area (Å²) in [4.78, 5) is 16.5. The van der Waals surface area contributed by atoms with Gasteiger partial charge in [-0.15, -0.1) is 0 Å². The Labute approximate surface area is 159 Å². The zero-order valence-corrected chi connectivity index (χ0v) is 16.1. The molecular formula is C19H28N6O2. The minimum Gasteiger partial charge on any atom is -0.497 e. The van der Waals surface area contributed by atoms with Gasteiger partial charge in [0.05, 0.1) is 7.11 Å². The SMILES string of the molecule is CN=C(NCCCn1nc2n(c1=O)CCCC2)NCc1cccc(OC)c1. The minimum absolute atomic E-state index is 0.0187. The molecule has 1 aliphatic rings. The number of fused-ring (bicyclic) bond motifs is 1. The highest BCUT2D eigenvalue weighted by molar-refractivity contribution is 5.79. The first-order valence-electron chi connectivity index (χ1n) is 9.45. The Morgan fingerprint density at radius 3 is 3.00 bits per heavy atom. The van der Waals surface area contributed by atoms with Gasteiger partial charge in [-0.2, -0.15) is 5.10 Å². The molecule has 1 aliphatic heterocycles. The molecule has 8 heteroatoms. The van der Waals surface area contributed by atoms with Gasteiger partial charge >= 0.3 is 5.69 Å². The van der Waals surface area contributed by atoms with Gasteiger partial charge in [0.2, 0.25) is 0 Å². The summed E-state index contributed by atoms with van der Waals surface area (Å²) in [6, 6.07) is 7.92. The van der Waals surface area contributed by atoms with Gasteiger partial charge < -0.3 is 15.4 Å². The Balaban J connectivity index is 1.43. The maximum atomic E-state index is 12.3. The molecule has 27 heavy (non-hydrogen) atoms. The van der Waals surface area contributed by atoms with E-state index in [1.807, 2.05) is 28.8 Å². The van der Waals surface area contributed by atoms with Crippen LogP contribution in [0.15, 0.2) is 34.1 Å². The molecule has 1 aromatic heterocycles. The maximum absolute atomic E-state index is 12.3. The van der Waals surface area contributed by atoms with E-state index in [1.165, 1.54) is 0 Å². The molecular weight excluding hydrogens is 344 g/mol. The average molecular weight is 372 g/mol. The summed E-state index contributed by atoms with van der Waals surface area (Å²) in [5, 5.41) is 11.0. The average Bonchev–Trinajstić information content (AvgIpc) is 3.03. The summed E-state index contributed by atoms with van der Waals surface area (Å²) in [5.41, 5.74) is 1.14. The van der Waals surface area contributed by atoms with E-state index in [9.17, 15) is 4.79 Å². The summed E-state index contributed by atoms with van der Waals surface area (Å²) in [7, 11) is 3.41. The molecule has 0 amide bonds. The third kappa shape index (κ3) is 4.90. The van der Waals surface area contributed by atoms with E-state index < -0.39 is 0 Å².